The van der Waals surface area contributed by atoms with Crippen molar-refractivity contribution in [2.24, 2.45) is 18.9 Å². The van der Waals surface area contributed by atoms with Gasteiger partial charge in [0, 0.05) is 43.6 Å². The minimum absolute atomic E-state index is 0.0876. The van der Waals surface area contributed by atoms with E-state index in [9.17, 15) is 14.7 Å². The van der Waals surface area contributed by atoms with E-state index in [-0.39, 0.29) is 31.0 Å². The van der Waals surface area contributed by atoms with Gasteiger partial charge in [-0.15, -0.1) is 0 Å². The van der Waals surface area contributed by atoms with Crippen LogP contribution in [0.25, 0.3) is 0 Å². The fourth-order valence-corrected chi connectivity index (χ4v) is 4.60. The summed E-state index contributed by atoms with van der Waals surface area (Å²) in [7, 11) is 1.90. The summed E-state index contributed by atoms with van der Waals surface area (Å²) in [6.45, 7) is 11.4. The van der Waals surface area contributed by atoms with Crippen LogP contribution in [-0.2, 0) is 34.3 Å². The first-order valence-electron chi connectivity index (χ1n) is 13.0. The topological polar surface area (TPSA) is 108 Å². The van der Waals surface area contributed by atoms with Crippen LogP contribution in [0.1, 0.15) is 75.0 Å². The molecule has 9 nitrogen and oxygen atoms in total. The molecule has 0 aliphatic heterocycles. The molecule has 0 saturated heterocycles. The molecule has 2 heterocycles. The number of aliphatic hydroxyl groups excluding tert-OH is 1. The van der Waals surface area contributed by atoms with E-state index in [0.717, 1.165) is 28.1 Å². The van der Waals surface area contributed by atoms with E-state index < -0.39 is 17.6 Å². The number of aryl methyl sites for hydroxylation is 1. The summed E-state index contributed by atoms with van der Waals surface area (Å²) in [6, 6.07) is 5.89. The fourth-order valence-electron chi connectivity index (χ4n) is 4.60. The van der Waals surface area contributed by atoms with Gasteiger partial charge in [0.25, 0.3) is 0 Å². The van der Waals surface area contributed by atoms with Gasteiger partial charge < -0.3 is 19.1 Å². The highest BCUT2D eigenvalue weighted by Gasteiger charge is 2.29. The van der Waals surface area contributed by atoms with Crippen molar-refractivity contribution < 1.29 is 24.2 Å². The molecule has 3 rings (SSSR count). The first-order valence-corrected chi connectivity index (χ1v) is 13.0. The molecule has 0 unspecified atom stereocenters. The molecule has 1 aromatic carbocycles. The molecule has 2 aromatic heterocycles. The number of imidazole rings is 2. The van der Waals surface area contributed by atoms with Crippen LogP contribution in [0.4, 0.5) is 4.79 Å². The number of hydrogen-bond acceptors (Lipinski definition) is 7. The summed E-state index contributed by atoms with van der Waals surface area (Å²) in [5, 5.41) is 10.0. The zero-order valence-electron chi connectivity index (χ0n) is 23.5. The van der Waals surface area contributed by atoms with Crippen LogP contribution in [0.15, 0.2) is 43.2 Å². The smallest absolute Gasteiger partial charge is 0.419 e. The summed E-state index contributed by atoms with van der Waals surface area (Å²) >= 11 is 0. The second-order valence-electron chi connectivity index (χ2n) is 10.8. The molecule has 1 N–H and O–H groups in total. The van der Waals surface area contributed by atoms with E-state index in [0.29, 0.717) is 12.8 Å². The second kappa shape index (κ2) is 12.4. The molecule has 3 atom stereocenters. The maximum atomic E-state index is 13.1. The predicted molar refractivity (Wildman–Crippen MR) is 144 cm³/mol. The number of benzene rings is 1. The van der Waals surface area contributed by atoms with Gasteiger partial charge in [0.15, 0.2) is 0 Å². The molecule has 3 aromatic rings. The van der Waals surface area contributed by atoms with Crippen molar-refractivity contribution in [2.45, 2.75) is 72.5 Å². The maximum absolute atomic E-state index is 13.1. The summed E-state index contributed by atoms with van der Waals surface area (Å²) in [5.74, 6) is -1.08. The summed E-state index contributed by atoms with van der Waals surface area (Å²) < 4.78 is 14.4. The Bertz CT molecular complexity index is 1240. The molecular formula is C29H40N4O5. The number of rotatable bonds is 10. The zero-order chi connectivity index (χ0) is 28.0. The molecule has 0 bridgehead atoms. The third-order valence-electron chi connectivity index (χ3n) is 6.91. The van der Waals surface area contributed by atoms with Crippen molar-refractivity contribution in [3.8, 4) is 0 Å². The van der Waals surface area contributed by atoms with Gasteiger partial charge in [0.1, 0.15) is 18.5 Å². The highest BCUT2D eigenvalue weighted by atomic mass is 16.6. The zero-order valence-corrected chi connectivity index (χ0v) is 23.5. The molecule has 0 aliphatic carbocycles. The van der Waals surface area contributed by atoms with Crippen LogP contribution in [-0.4, -0.2) is 48.5 Å². The molecule has 0 fully saturated rings. The number of carbonyl (C=O) groups is 2. The lowest BCUT2D eigenvalue weighted by Crippen LogP contribution is -2.30. The highest BCUT2D eigenvalue weighted by Crippen LogP contribution is 2.29. The molecule has 206 valence electrons. The van der Waals surface area contributed by atoms with Gasteiger partial charge in [-0.1, -0.05) is 32.0 Å². The second-order valence-corrected chi connectivity index (χ2v) is 10.8. The van der Waals surface area contributed by atoms with E-state index in [1.165, 1.54) is 10.9 Å². The maximum Gasteiger partial charge on any atom is 0.419 e. The summed E-state index contributed by atoms with van der Waals surface area (Å²) in [6.07, 6.45) is 7.26. The van der Waals surface area contributed by atoms with E-state index in [4.69, 9.17) is 9.47 Å². The predicted octanol–water partition coefficient (Wildman–Crippen LogP) is 4.78. The normalized spacial score (nSPS) is 14.1. The van der Waals surface area contributed by atoms with Crippen LogP contribution in [0.2, 0.25) is 0 Å². The minimum Gasteiger partial charge on any atom is -0.461 e. The van der Waals surface area contributed by atoms with Crippen LogP contribution < -0.4 is 0 Å². The van der Waals surface area contributed by atoms with E-state index in [1.54, 1.807) is 18.7 Å². The number of hydrogen-bond donors (Lipinski definition) is 1. The monoisotopic (exact) mass is 524 g/mol. The van der Waals surface area contributed by atoms with Crippen molar-refractivity contribution >= 4 is 12.1 Å². The Morgan fingerprint density at radius 1 is 1.18 bits per heavy atom. The summed E-state index contributed by atoms with van der Waals surface area (Å²) in [4.78, 5) is 34.0. The number of nitrogens with zero attached hydrogens (tertiary/aromatic N) is 4. The van der Waals surface area contributed by atoms with E-state index in [2.05, 4.69) is 9.97 Å². The van der Waals surface area contributed by atoms with Crippen molar-refractivity contribution in [1.82, 2.24) is 19.1 Å². The average Bonchev–Trinajstić information content (AvgIpc) is 3.51. The van der Waals surface area contributed by atoms with Crippen molar-refractivity contribution in [2.75, 3.05) is 6.61 Å². The van der Waals surface area contributed by atoms with Crippen LogP contribution >= 0.6 is 0 Å². The van der Waals surface area contributed by atoms with Gasteiger partial charge >= 0.3 is 12.1 Å². The molecule has 0 aliphatic rings. The lowest BCUT2D eigenvalue weighted by molar-refractivity contribution is -0.152. The highest BCUT2D eigenvalue weighted by molar-refractivity contribution is 5.73. The number of esters is 1. The molecule has 0 spiro atoms. The minimum atomic E-state index is -0.595. The van der Waals surface area contributed by atoms with E-state index >= 15 is 0 Å². The van der Waals surface area contributed by atoms with Gasteiger partial charge in [-0.2, -0.15) is 0 Å². The largest absolute Gasteiger partial charge is 0.461 e. The quantitative estimate of drug-likeness (QED) is 0.380. The van der Waals surface area contributed by atoms with Crippen molar-refractivity contribution in [1.29, 1.82) is 0 Å². The summed E-state index contributed by atoms with van der Waals surface area (Å²) in [5.41, 5.74) is 4.03. The lowest BCUT2D eigenvalue weighted by Gasteiger charge is -2.23. The lowest BCUT2D eigenvalue weighted by atomic mass is 9.87. The molecule has 0 radical (unpaired) electrons. The van der Waals surface area contributed by atoms with Crippen LogP contribution in [0.3, 0.4) is 0 Å². The first-order chi connectivity index (χ1) is 17.9. The van der Waals surface area contributed by atoms with Gasteiger partial charge in [-0.05, 0) is 57.2 Å². The van der Waals surface area contributed by atoms with Crippen LogP contribution in [0.5, 0.6) is 0 Å². The Balaban J connectivity index is 1.69. The van der Waals surface area contributed by atoms with Gasteiger partial charge in [0.2, 0.25) is 0 Å². The number of ether oxygens (including phenoxy) is 2. The van der Waals surface area contributed by atoms with Gasteiger partial charge in [-0.25, -0.2) is 19.3 Å². The molecule has 9 heteroatoms. The third-order valence-corrected chi connectivity index (χ3v) is 6.91. The Kier molecular flexibility index (Phi) is 9.49. The number of aromatic nitrogens is 4. The van der Waals surface area contributed by atoms with Crippen LogP contribution in [0, 0.1) is 18.8 Å². The Hall–Kier alpha value is -3.46. The van der Waals surface area contributed by atoms with Crippen molar-refractivity contribution in [3.63, 3.8) is 0 Å². The molecule has 0 saturated carbocycles. The number of aliphatic hydroxyl groups is 1. The standard InChI is InChI=1S/C29H40N4O5/c1-8-24(22(15-34)12-23-13-30-17-32(23)7)27(35)37-16-21-10-9-11-25(19(21)2)20(3)26-14-33(18-31-26)28(36)38-29(4,5)6/h9-11,13-14,17-18,20,22,24,34H,8,12,15-16H2,1-7H3/t20-,22-,24-/m0/s1. The SMILES string of the molecule is CC[C@H](C(=O)OCc1cccc([C@H](C)c2cn(C(=O)OC(C)(C)C)cn2)c1C)[C@H](CO)Cc1cncn1C. The first kappa shape index (κ1) is 29.1. The molecule has 0 amide bonds. The Morgan fingerprint density at radius 3 is 2.53 bits per heavy atom. The average molecular weight is 525 g/mol. The Labute approximate surface area is 224 Å². The third kappa shape index (κ3) is 7.10. The Morgan fingerprint density at radius 2 is 1.92 bits per heavy atom. The number of carbonyl (C=O) groups excluding carboxylic acids is 2. The molecular weight excluding hydrogens is 484 g/mol. The van der Waals surface area contributed by atoms with Crippen molar-refractivity contribution in [3.05, 3.63) is 71.3 Å². The van der Waals surface area contributed by atoms with Gasteiger partial charge in [0.05, 0.1) is 17.9 Å². The van der Waals surface area contributed by atoms with E-state index in [1.807, 2.05) is 71.4 Å². The van der Waals surface area contributed by atoms with Gasteiger partial charge in [-0.3, -0.25) is 4.79 Å². The fraction of sp³-hybridized carbons (Fsp3) is 0.517. The molecule has 38 heavy (non-hydrogen) atoms.